The molecule has 3 nitrogen and oxygen atoms in total. The minimum atomic E-state index is 0.307. The maximum absolute atomic E-state index is 5.86. The highest BCUT2D eigenvalue weighted by molar-refractivity contribution is 7.80. The van der Waals surface area contributed by atoms with Gasteiger partial charge in [0.2, 0.25) is 0 Å². The second kappa shape index (κ2) is 5.71. The highest BCUT2D eigenvalue weighted by atomic mass is 32.1. The van der Waals surface area contributed by atoms with Crippen LogP contribution in [0, 0.1) is 6.92 Å². The predicted octanol–water partition coefficient (Wildman–Crippen LogP) is 3.43. The van der Waals surface area contributed by atoms with Gasteiger partial charge in [0.1, 0.15) is 10.7 Å². The van der Waals surface area contributed by atoms with Crippen LogP contribution in [0.15, 0.2) is 42.5 Å². The van der Waals surface area contributed by atoms with Crippen LogP contribution in [0.5, 0.6) is 17.2 Å². The van der Waals surface area contributed by atoms with E-state index in [2.05, 4.69) is 0 Å². The Balaban J connectivity index is 2.39. The van der Waals surface area contributed by atoms with Gasteiger partial charge in [-0.2, -0.15) is 0 Å². The van der Waals surface area contributed by atoms with Gasteiger partial charge in [0.15, 0.2) is 11.5 Å². The van der Waals surface area contributed by atoms with Crippen LogP contribution in [0.4, 0.5) is 0 Å². The minimum Gasteiger partial charge on any atom is -0.493 e. The lowest BCUT2D eigenvalue weighted by Gasteiger charge is -2.13. The Bertz CT molecular complexity index is 611. The van der Waals surface area contributed by atoms with Gasteiger partial charge < -0.3 is 15.2 Å². The van der Waals surface area contributed by atoms with Gasteiger partial charge in [-0.1, -0.05) is 30.4 Å². The van der Waals surface area contributed by atoms with Crippen molar-refractivity contribution in [3.63, 3.8) is 0 Å². The molecule has 2 aromatic rings. The second-order valence-corrected chi connectivity index (χ2v) is 4.56. The van der Waals surface area contributed by atoms with Gasteiger partial charge in [0.05, 0.1) is 12.7 Å². The van der Waals surface area contributed by atoms with Gasteiger partial charge in [-0.3, -0.25) is 0 Å². The molecule has 0 amide bonds. The first-order valence-electron chi connectivity index (χ1n) is 5.83. The van der Waals surface area contributed by atoms with Crippen molar-refractivity contribution in [1.29, 1.82) is 0 Å². The minimum absolute atomic E-state index is 0.307. The summed E-state index contributed by atoms with van der Waals surface area (Å²) in [6.45, 7) is 2.00. The summed E-state index contributed by atoms with van der Waals surface area (Å²) in [5.74, 6) is 1.94. The first-order chi connectivity index (χ1) is 9.11. The summed E-state index contributed by atoms with van der Waals surface area (Å²) in [6.07, 6.45) is 0. The van der Waals surface area contributed by atoms with Crippen LogP contribution < -0.4 is 15.2 Å². The zero-order chi connectivity index (χ0) is 13.8. The summed E-state index contributed by atoms with van der Waals surface area (Å²) in [4.78, 5) is 0.307. The number of ether oxygens (including phenoxy) is 2. The fourth-order valence-electron chi connectivity index (χ4n) is 1.74. The molecule has 2 aromatic carbocycles. The van der Waals surface area contributed by atoms with E-state index >= 15 is 0 Å². The average molecular weight is 273 g/mol. The van der Waals surface area contributed by atoms with Crippen molar-refractivity contribution >= 4 is 17.2 Å². The van der Waals surface area contributed by atoms with Gasteiger partial charge in [-0.15, -0.1) is 0 Å². The monoisotopic (exact) mass is 273 g/mol. The van der Waals surface area contributed by atoms with E-state index < -0.39 is 0 Å². The van der Waals surface area contributed by atoms with E-state index in [9.17, 15) is 0 Å². The fourth-order valence-corrected chi connectivity index (χ4v) is 1.91. The zero-order valence-corrected chi connectivity index (χ0v) is 11.7. The largest absolute Gasteiger partial charge is 0.493 e. The number of methoxy groups -OCH3 is 1. The molecule has 98 valence electrons. The van der Waals surface area contributed by atoms with Crippen LogP contribution >= 0.6 is 12.2 Å². The number of rotatable bonds is 4. The summed E-state index contributed by atoms with van der Waals surface area (Å²) < 4.78 is 11.2. The Morgan fingerprint density at radius 3 is 2.47 bits per heavy atom. The highest BCUT2D eigenvalue weighted by Gasteiger charge is 2.10. The van der Waals surface area contributed by atoms with Crippen molar-refractivity contribution in [3.05, 3.63) is 53.6 Å². The molecule has 0 saturated heterocycles. The summed E-state index contributed by atoms with van der Waals surface area (Å²) >= 11 is 5.01. The quantitative estimate of drug-likeness (QED) is 0.867. The zero-order valence-electron chi connectivity index (χ0n) is 10.8. The lowest BCUT2D eigenvalue weighted by molar-refractivity contribution is 0.378. The normalized spacial score (nSPS) is 10.0. The number of nitrogens with two attached hydrogens (primary N) is 1. The molecule has 19 heavy (non-hydrogen) atoms. The molecule has 0 bridgehead atoms. The van der Waals surface area contributed by atoms with E-state index in [0.29, 0.717) is 27.8 Å². The number of benzene rings is 2. The van der Waals surface area contributed by atoms with Crippen molar-refractivity contribution in [3.8, 4) is 17.2 Å². The molecular formula is C15H15NO2S. The van der Waals surface area contributed by atoms with Crippen LogP contribution in [0.3, 0.4) is 0 Å². The standard InChI is InChI=1S/C15H15NO2S/c1-10-7-8-13(14(9-10)17-2)18-12-6-4-3-5-11(12)15(16)19/h3-9H,1-2H3,(H2,16,19). The van der Waals surface area contributed by atoms with Gasteiger partial charge >= 0.3 is 0 Å². The smallest absolute Gasteiger partial charge is 0.169 e. The van der Waals surface area contributed by atoms with Crippen molar-refractivity contribution in [1.82, 2.24) is 0 Å². The molecular weight excluding hydrogens is 258 g/mol. The van der Waals surface area contributed by atoms with E-state index in [-0.39, 0.29) is 0 Å². The highest BCUT2D eigenvalue weighted by Crippen LogP contribution is 2.33. The van der Waals surface area contributed by atoms with E-state index in [1.165, 1.54) is 0 Å². The van der Waals surface area contributed by atoms with E-state index in [1.54, 1.807) is 7.11 Å². The molecule has 0 fully saturated rings. The van der Waals surface area contributed by atoms with Crippen LogP contribution in [0.2, 0.25) is 0 Å². The summed E-state index contributed by atoms with van der Waals surface area (Å²) in [7, 11) is 1.61. The van der Waals surface area contributed by atoms with Crippen LogP contribution in [0.1, 0.15) is 11.1 Å². The summed E-state index contributed by atoms with van der Waals surface area (Å²) in [5.41, 5.74) is 7.50. The van der Waals surface area contributed by atoms with Crippen LogP contribution in [-0.4, -0.2) is 12.1 Å². The molecule has 0 heterocycles. The maximum atomic E-state index is 5.86. The molecule has 0 atom stereocenters. The lowest BCUT2D eigenvalue weighted by atomic mass is 10.2. The van der Waals surface area contributed by atoms with E-state index in [4.69, 9.17) is 27.4 Å². The SMILES string of the molecule is COc1cc(C)ccc1Oc1ccccc1C(N)=S. The Kier molecular flexibility index (Phi) is 4.02. The molecule has 0 radical (unpaired) electrons. The maximum Gasteiger partial charge on any atom is 0.169 e. The molecule has 0 aliphatic heterocycles. The Labute approximate surface area is 118 Å². The number of aryl methyl sites for hydroxylation is 1. The van der Waals surface area contributed by atoms with Gasteiger partial charge in [0, 0.05) is 0 Å². The molecule has 0 aromatic heterocycles. The van der Waals surface area contributed by atoms with Gasteiger partial charge in [0.25, 0.3) is 0 Å². The molecule has 4 heteroatoms. The predicted molar refractivity (Wildman–Crippen MR) is 80.1 cm³/mol. The molecule has 2 rings (SSSR count). The lowest BCUT2D eigenvalue weighted by Crippen LogP contribution is -2.10. The third-order valence-corrected chi connectivity index (χ3v) is 2.91. The summed E-state index contributed by atoms with van der Waals surface area (Å²) in [6, 6.07) is 13.1. The molecule has 0 saturated carbocycles. The first kappa shape index (κ1) is 13.4. The van der Waals surface area contributed by atoms with Crippen LogP contribution in [0.25, 0.3) is 0 Å². The number of hydrogen-bond donors (Lipinski definition) is 1. The fraction of sp³-hybridized carbons (Fsp3) is 0.133. The topological polar surface area (TPSA) is 44.5 Å². The molecule has 2 N–H and O–H groups in total. The number of hydrogen-bond acceptors (Lipinski definition) is 3. The third-order valence-electron chi connectivity index (χ3n) is 2.69. The molecule has 0 unspecified atom stereocenters. The van der Waals surface area contributed by atoms with Crippen molar-refractivity contribution in [2.24, 2.45) is 5.73 Å². The van der Waals surface area contributed by atoms with Gasteiger partial charge in [-0.25, -0.2) is 0 Å². The molecule has 0 aliphatic rings. The van der Waals surface area contributed by atoms with Crippen LogP contribution in [-0.2, 0) is 0 Å². The average Bonchev–Trinajstić information content (AvgIpc) is 2.41. The molecule has 0 spiro atoms. The number of para-hydroxylation sites is 1. The first-order valence-corrected chi connectivity index (χ1v) is 6.24. The Hall–Kier alpha value is -2.07. The van der Waals surface area contributed by atoms with Gasteiger partial charge in [-0.05, 0) is 36.8 Å². The summed E-state index contributed by atoms with van der Waals surface area (Å²) in [5, 5.41) is 0. The Morgan fingerprint density at radius 1 is 1.05 bits per heavy atom. The van der Waals surface area contributed by atoms with E-state index in [0.717, 1.165) is 5.56 Å². The third kappa shape index (κ3) is 3.03. The van der Waals surface area contributed by atoms with Crippen molar-refractivity contribution < 1.29 is 9.47 Å². The van der Waals surface area contributed by atoms with Crippen molar-refractivity contribution in [2.75, 3.05) is 7.11 Å². The van der Waals surface area contributed by atoms with Crippen molar-refractivity contribution in [2.45, 2.75) is 6.92 Å². The number of thiocarbonyl (C=S) groups is 1. The Morgan fingerprint density at radius 2 is 1.79 bits per heavy atom. The van der Waals surface area contributed by atoms with E-state index in [1.807, 2.05) is 49.4 Å². The second-order valence-electron chi connectivity index (χ2n) is 4.12. The molecule has 0 aliphatic carbocycles.